The van der Waals surface area contributed by atoms with Crippen LogP contribution in [0.1, 0.15) is 16.2 Å². The number of carbonyl (C=O) groups is 1. The predicted octanol–water partition coefficient (Wildman–Crippen LogP) is 4.55. The Balaban J connectivity index is 1.23. The Kier molecular flexibility index (Phi) is 6.16. The number of hydrogen-bond acceptors (Lipinski definition) is 6. The maximum absolute atomic E-state index is 13.1. The number of aromatic nitrogens is 3. The van der Waals surface area contributed by atoms with Gasteiger partial charge in [-0.2, -0.15) is 0 Å². The van der Waals surface area contributed by atoms with Crippen LogP contribution >= 0.6 is 0 Å². The Labute approximate surface area is 199 Å². The van der Waals surface area contributed by atoms with Gasteiger partial charge in [-0.3, -0.25) is 4.79 Å². The molecule has 5 rings (SSSR count). The summed E-state index contributed by atoms with van der Waals surface area (Å²) in [7, 11) is 0. The van der Waals surface area contributed by atoms with Gasteiger partial charge in [0.2, 0.25) is 0 Å². The lowest BCUT2D eigenvalue weighted by Gasteiger charge is -2.35. The molecule has 0 spiro atoms. The molecule has 7 nitrogen and oxygen atoms in total. The average molecular weight is 451 g/mol. The van der Waals surface area contributed by atoms with Crippen LogP contribution < -0.4 is 10.2 Å². The minimum Gasteiger partial charge on any atom is -0.353 e. The molecule has 0 saturated carbocycles. The average Bonchev–Trinajstić information content (AvgIpc) is 2.89. The van der Waals surface area contributed by atoms with E-state index >= 15 is 0 Å². The Morgan fingerprint density at radius 3 is 2.21 bits per heavy atom. The normalized spacial score (nSPS) is 13.6. The van der Waals surface area contributed by atoms with Crippen LogP contribution in [-0.2, 0) is 0 Å². The molecule has 1 fully saturated rings. The van der Waals surface area contributed by atoms with Gasteiger partial charge < -0.3 is 15.1 Å². The van der Waals surface area contributed by atoms with Crippen LogP contribution in [0.25, 0.3) is 11.1 Å². The topological polar surface area (TPSA) is 74.2 Å². The summed E-state index contributed by atoms with van der Waals surface area (Å²) in [4.78, 5) is 30.6. The molecule has 1 aliphatic heterocycles. The summed E-state index contributed by atoms with van der Waals surface area (Å²) in [6.07, 6.45) is 1.74. The van der Waals surface area contributed by atoms with Crippen LogP contribution in [0.4, 0.5) is 17.5 Å². The highest BCUT2D eigenvalue weighted by atomic mass is 16.2. The Morgan fingerprint density at radius 2 is 1.50 bits per heavy atom. The van der Waals surface area contributed by atoms with E-state index in [1.807, 2.05) is 78.6 Å². The summed E-state index contributed by atoms with van der Waals surface area (Å²) < 4.78 is 0. The third kappa shape index (κ3) is 4.88. The smallest absolute Gasteiger partial charge is 0.253 e. The molecule has 7 heteroatoms. The highest BCUT2D eigenvalue weighted by Gasteiger charge is 2.23. The van der Waals surface area contributed by atoms with Crippen molar-refractivity contribution in [1.29, 1.82) is 0 Å². The van der Waals surface area contributed by atoms with Gasteiger partial charge in [-0.05, 0) is 42.3 Å². The molecule has 2 aromatic heterocycles. The maximum Gasteiger partial charge on any atom is 0.253 e. The number of benzene rings is 2. The Bertz CT molecular complexity index is 1250. The zero-order chi connectivity index (χ0) is 23.3. The number of hydrogen-bond donors (Lipinski definition) is 1. The van der Waals surface area contributed by atoms with Crippen LogP contribution in [0.5, 0.6) is 0 Å². The first-order valence-electron chi connectivity index (χ1n) is 11.4. The zero-order valence-electron chi connectivity index (χ0n) is 19.1. The highest BCUT2D eigenvalue weighted by molar-refractivity contribution is 5.95. The molecule has 2 aromatic carbocycles. The zero-order valence-corrected chi connectivity index (χ0v) is 19.1. The molecule has 1 N–H and O–H groups in total. The fourth-order valence-corrected chi connectivity index (χ4v) is 4.10. The third-order valence-corrected chi connectivity index (χ3v) is 5.88. The van der Waals surface area contributed by atoms with Gasteiger partial charge in [-0.25, -0.2) is 15.0 Å². The van der Waals surface area contributed by atoms with E-state index in [-0.39, 0.29) is 5.91 Å². The number of amides is 1. The predicted molar refractivity (Wildman–Crippen MR) is 134 cm³/mol. The van der Waals surface area contributed by atoms with Crippen molar-refractivity contribution in [3.8, 4) is 11.1 Å². The van der Waals surface area contributed by atoms with Gasteiger partial charge in [0.15, 0.2) is 0 Å². The number of aryl methyl sites for hydroxylation is 1. The summed E-state index contributed by atoms with van der Waals surface area (Å²) in [5, 5.41) is 3.24. The second-order valence-corrected chi connectivity index (χ2v) is 8.22. The van der Waals surface area contributed by atoms with Crippen molar-refractivity contribution in [3.05, 3.63) is 96.4 Å². The van der Waals surface area contributed by atoms with Gasteiger partial charge in [-0.1, -0.05) is 48.5 Å². The fraction of sp³-hybridized carbons (Fsp3) is 0.185. The van der Waals surface area contributed by atoms with E-state index in [2.05, 4.69) is 37.3 Å². The molecule has 0 aliphatic carbocycles. The van der Waals surface area contributed by atoms with E-state index in [9.17, 15) is 4.79 Å². The van der Waals surface area contributed by atoms with Crippen molar-refractivity contribution >= 4 is 23.4 Å². The number of nitrogens with one attached hydrogen (secondary N) is 1. The molecule has 1 aliphatic rings. The van der Waals surface area contributed by atoms with E-state index in [1.54, 1.807) is 6.20 Å². The highest BCUT2D eigenvalue weighted by Crippen LogP contribution is 2.22. The molecular weight excluding hydrogens is 424 g/mol. The molecule has 3 heterocycles. The molecule has 1 saturated heterocycles. The minimum atomic E-state index is 0.0654. The Morgan fingerprint density at radius 1 is 0.794 bits per heavy atom. The SMILES string of the molecule is Cc1nc(Nc2ccccn2)cc(N2CCN(C(=O)c3ccc(-c4ccccc4)cc3)CC2)n1. The lowest BCUT2D eigenvalue weighted by atomic mass is 10.0. The van der Waals surface area contributed by atoms with Crippen molar-refractivity contribution in [1.82, 2.24) is 19.9 Å². The van der Waals surface area contributed by atoms with E-state index in [0.717, 1.165) is 22.8 Å². The van der Waals surface area contributed by atoms with Gasteiger partial charge in [0.25, 0.3) is 5.91 Å². The van der Waals surface area contributed by atoms with Gasteiger partial charge >= 0.3 is 0 Å². The van der Waals surface area contributed by atoms with Crippen molar-refractivity contribution in [2.75, 3.05) is 36.4 Å². The van der Waals surface area contributed by atoms with E-state index in [4.69, 9.17) is 0 Å². The molecule has 4 aromatic rings. The van der Waals surface area contributed by atoms with Gasteiger partial charge in [-0.15, -0.1) is 0 Å². The number of nitrogens with zero attached hydrogens (tertiary/aromatic N) is 5. The number of rotatable bonds is 5. The van der Waals surface area contributed by atoms with Gasteiger partial charge in [0.1, 0.15) is 23.3 Å². The van der Waals surface area contributed by atoms with Crippen LogP contribution in [-0.4, -0.2) is 51.9 Å². The minimum absolute atomic E-state index is 0.0654. The lowest BCUT2D eigenvalue weighted by molar-refractivity contribution is 0.0746. The molecule has 170 valence electrons. The summed E-state index contributed by atoms with van der Waals surface area (Å²) in [5.41, 5.74) is 2.97. The largest absolute Gasteiger partial charge is 0.353 e. The van der Waals surface area contributed by atoms with Crippen molar-refractivity contribution in [3.63, 3.8) is 0 Å². The molecule has 34 heavy (non-hydrogen) atoms. The number of carbonyl (C=O) groups excluding carboxylic acids is 1. The molecule has 0 atom stereocenters. The quantitative estimate of drug-likeness (QED) is 0.481. The van der Waals surface area contributed by atoms with E-state index in [1.165, 1.54) is 0 Å². The second-order valence-electron chi connectivity index (χ2n) is 8.22. The molecule has 0 bridgehead atoms. The molecule has 1 amide bonds. The van der Waals surface area contributed by atoms with Crippen molar-refractivity contribution in [2.24, 2.45) is 0 Å². The summed E-state index contributed by atoms with van der Waals surface area (Å²) in [6, 6.07) is 25.7. The lowest BCUT2D eigenvalue weighted by Crippen LogP contribution is -2.49. The summed E-state index contributed by atoms with van der Waals surface area (Å²) >= 11 is 0. The van der Waals surface area contributed by atoms with Gasteiger partial charge in [0, 0.05) is 44.0 Å². The second kappa shape index (κ2) is 9.70. The third-order valence-electron chi connectivity index (χ3n) is 5.88. The number of piperazine rings is 1. The van der Waals surface area contributed by atoms with Crippen LogP contribution in [0, 0.1) is 6.92 Å². The van der Waals surface area contributed by atoms with Crippen molar-refractivity contribution in [2.45, 2.75) is 6.92 Å². The molecule has 0 unspecified atom stereocenters. The van der Waals surface area contributed by atoms with E-state index in [0.29, 0.717) is 43.4 Å². The molecule has 0 radical (unpaired) electrons. The maximum atomic E-state index is 13.1. The monoisotopic (exact) mass is 450 g/mol. The van der Waals surface area contributed by atoms with Crippen LogP contribution in [0.15, 0.2) is 85.1 Å². The van der Waals surface area contributed by atoms with Gasteiger partial charge in [0.05, 0.1) is 0 Å². The standard InChI is InChI=1S/C27H26N6O/c1-20-29-25(31-24-9-5-6-14-28-24)19-26(30-20)32-15-17-33(18-16-32)27(34)23-12-10-22(11-13-23)21-7-3-2-4-8-21/h2-14,19H,15-18H2,1H3,(H,28,29,30,31). The van der Waals surface area contributed by atoms with Crippen molar-refractivity contribution < 1.29 is 4.79 Å². The number of anilines is 3. The first-order valence-corrected chi connectivity index (χ1v) is 11.4. The van der Waals surface area contributed by atoms with E-state index < -0.39 is 0 Å². The summed E-state index contributed by atoms with van der Waals surface area (Å²) in [5.74, 6) is 3.05. The first kappa shape index (κ1) is 21.6. The fourth-order valence-electron chi connectivity index (χ4n) is 4.10. The first-order chi connectivity index (χ1) is 16.7. The van der Waals surface area contributed by atoms with Crippen LogP contribution in [0.2, 0.25) is 0 Å². The summed E-state index contributed by atoms with van der Waals surface area (Å²) in [6.45, 7) is 4.60. The van der Waals surface area contributed by atoms with Crippen LogP contribution in [0.3, 0.4) is 0 Å². The molecular formula is C27H26N6O. The Hall–Kier alpha value is -4.26. The number of pyridine rings is 1.